The summed E-state index contributed by atoms with van der Waals surface area (Å²) in [4.78, 5) is 23.6. The number of aromatic nitrogens is 1. The Balaban J connectivity index is 2.13. The maximum Gasteiger partial charge on any atom is 0.251 e. The molecule has 5 nitrogen and oxygen atoms in total. The number of hydrogen-bond donors (Lipinski definition) is 2. The van der Waals surface area contributed by atoms with Gasteiger partial charge in [0.05, 0.1) is 6.61 Å². The van der Waals surface area contributed by atoms with Crippen molar-refractivity contribution in [3.63, 3.8) is 0 Å². The third kappa shape index (κ3) is 2.71. The average molecular weight is 264 g/mol. The largest absolute Gasteiger partial charge is 0.396 e. The minimum atomic E-state index is -0.255. The second-order valence-electron chi connectivity index (χ2n) is 5.59. The van der Waals surface area contributed by atoms with Gasteiger partial charge in [-0.15, -0.1) is 0 Å². The molecule has 104 valence electrons. The lowest BCUT2D eigenvalue weighted by Crippen LogP contribution is -2.45. The number of aliphatic hydroxyl groups excluding tert-OH is 1. The summed E-state index contributed by atoms with van der Waals surface area (Å²) < 4.78 is 1.42. The van der Waals surface area contributed by atoms with Crippen molar-refractivity contribution in [3.05, 3.63) is 34.2 Å². The molecule has 2 unspecified atom stereocenters. The predicted molar refractivity (Wildman–Crippen MR) is 72.0 cm³/mol. The van der Waals surface area contributed by atoms with Gasteiger partial charge >= 0.3 is 0 Å². The molecule has 19 heavy (non-hydrogen) atoms. The standard InChI is InChI=1S/C14H20N2O3/c1-14(9-17)6-3-4-11(14)15-13(19)10-5-7-16(2)12(18)8-10/h5,7-8,11,17H,3-4,6,9H2,1-2H3,(H,15,19). The maximum atomic E-state index is 12.1. The van der Waals surface area contributed by atoms with E-state index >= 15 is 0 Å². The molecule has 0 aliphatic heterocycles. The third-order valence-corrected chi connectivity index (χ3v) is 4.11. The molecule has 1 saturated carbocycles. The van der Waals surface area contributed by atoms with E-state index in [1.807, 2.05) is 6.92 Å². The van der Waals surface area contributed by atoms with Crippen LogP contribution in [-0.2, 0) is 7.05 Å². The molecule has 5 heteroatoms. The fraction of sp³-hybridized carbons (Fsp3) is 0.571. The highest BCUT2D eigenvalue weighted by Crippen LogP contribution is 2.37. The topological polar surface area (TPSA) is 71.3 Å². The lowest BCUT2D eigenvalue weighted by atomic mass is 9.85. The number of aliphatic hydroxyl groups is 1. The highest BCUT2D eigenvalue weighted by Gasteiger charge is 2.39. The maximum absolute atomic E-state index is 12.1. The molecule has 1 aromatic heterocycles. The van der Waals surface area contributed by atoms with Gasteiger partial charge in [0, 0.05) is 36.3 Å². The molecule has 1 amide bonds. The van der Waals surface area contributed by atoms with Gasteiger partial charge in [0.1, 0.15) is 0 Å². The van der Waals surface area contributed by atoms with Gasteiger partial charge in [-0.05, 0) is 18.9 Å². The Morgan fingerprint density at radius 1 is 1.63 bits per heavy atom. The lowest BCUT2D eigenvalue weighted by Gasteiger charge is -2.30. The number of rotatable bonds is 3. The Bertz CT molecular complexity index is 538. The van der Waals surface area contributed by atoms with Gasteiger partial charge in [-0.3, -0.25) is 9.59 Å². The monoisotopic (exact) mass is 264 g/mol. The molecule has 1 aliphatic carbocycles. The Morgan fingerprint density at radius 3 is 3.00 bits per heavy atom. The molecule has 2 rings (SSSR count). The number of carbonyl (C=O) groups excluding carboxylic acids is 1. The molecule has 1 fully saturated rings. The summed E-state index contributed by atoms with van der Waals surface area (Å²) in [6, 6.07) is 2.93. The number of hydrogen-bond acceptors (Lipinski definition) is 3. The van der Waals surface area contributed by atoms with Crippen LogP contribution in [0.3, 0.4) is 0 Å². The Labute approximate surface area is 112 Å². The van der Waals surface area contributed by atoms with Gasteiger partial charge in [-0.25, -0.2) is 0 Å². The highest BCUT2D eigenvalue weighted by atomic mass is 16.3. The van der Waals surface area contributed by atoms with Crippen LogP contribution in [0, 0.1) is 5.41 Å². The number of nitrogens with one attached hydrogen (secondary N) is 1. The van der Waals surface area contributed by atoms with Crippen molar-refractivity contribution in [2.24, 2.45) is 12.5 Å². The van der Waals surface area contributed by atoms with E-state index in [0.29, 0.717) is 5.56 Å². The van der Waals surface area contributed by atoms with Crippen LogP contribution in [0.25, 0.3) is 0 Å². The summed E-state index contributed by atoms with van der Waals surface area (Å²) in [5.74, 6) is -0.246. The number of aryl methyl sites for hydroxylation is 1. The molecule has 0 aromatic carbocycles. The summed E-state index contributed by atoms with van der Waals surface area (Å²) in [5.41, 5.74) is -0.0886. The van der Waals surface area contributed by atoms with Gasteiger partial charge in [-0.1, -0.05) is 13.3 Å². The van der Waals surface area contributed by atoms with Crippen molar-refractivity contribution in [2.45, 2.75) is 32.2 Å². The fourth-order valence-corrected chi connectivity index (χ4v) is 2.60. The Kier molecular flexibility index (Phi) is 3.75. The Morgan fingerprint density at radius 2 is 2.37 bits per heavy atom. The van der Waals surface area contributed by atoms with Crippen LogP contribution in [0.1, 0.15) is 36.5 Å². The van der Waals surface area contributed by atoms with E-state index < -0.39 is 0 Å². The zero-order chi connectivity index (χ0) is 14.0. The number of carbonyl (C=O) groups is 1. The summed E-state index contributed by atoms with van der Waals surface area (Å²) in [5, 5.41) is 12.4. The van der Waals surface area contributed by atoms with Crippen LogP contribution in [-0.4, -0.2) is 28.2 Å². The summed E-state index contributed by atoms with van der Waals surface area (Å²) in [7, 11) is 1.64. The molecule has 1 heterocycles. The van der Waals surface area contributed by atoms with Crippen LogP contribution >= 0.6 is 0 Å². The first-order chi connectivity index (χ1) is 8.96. The van der Waals surface area contributed by atoms with Crippen LogP contribution in [0.15, 0.2) is 23.1 Å². The fourth-order valence-electron chi connectivity index (χ4n) is 2.60. The van der Waals surface area contributed by atoms with Crippen molar-refractivity contribution in [1.29, 1.82) is 0 Å². The molecule has 0 saturated heterocycles. The summed E-state index contributed by atoms with van der Waals surface area (Å²) in [6.45, 7) is 2.05. The molecule has 0 spiro atoms. The van der Waals surface area contributed by atoms with Crippen LogP contribution < -0.4 is 10.9 Å². The van der Waals surface area contributed by atoms with E-state index in [-0.39, 0.29) is 29.5 Å². The smallest absolute Gasteiger partial charge is 0.251 e. The minimum Gasteiger partial charge on any atom is -0.396 e. The zero-order valence-electron chi connectivity index (χ0n) is 11.3. The van der Waals surface area contributed by atoms with E-state index in [1.54, 1.807) is 19.3 Å². The first-order valence-corrected chi connectivity index (χ1v) is 6.55. The van der Waals surface area contributed by atoms with Crippen LogP contribution in [0.4, 0.5) is 0 Å². The van der Waals surface area contributed by atoms with Crippen molar-refractivity contribution in [1.82, 2.24) is 9.88 Å². The quantitative estimate of drug-likeness (QED) is 0.842. The summed E-state index contributed by atoms with van der Waals surface area (Å²) in [6.07, 6.45) is 4.36. The molecule has 1 aromatic rings. The first-order valence-electron chi connectivity index (χ1n) is 6.55. The molecule has 0 bridgehead atoms. The molecular weight excluding hydrogens is 244 g/mol. The molecule has 2 N–H and O–H groups in total. The first kappa shape index (κ1) is 13.8. The highest BCUT2D eigenvalue weighted by molar-refractivity contribution is 5.94. The van der Waals surface area contributed by atoms with E-state index in [1.165, 1.54) is 10.6 Å². The van der Waals surface area contributed by atoms with Crippen molar-refractivity contribution >= 4 is 5.91 Å². The van der Waals surface area contributed by atoms with Gasteiger partial charge in [0.15, 0.2) is 0 Å². The van der Waals surface area contributed by atoms with Crippen molar-refractivity contribution in [2.75, 3.05) is 6.61 Å². The van der Waals surface area contributed by atoms with Crippen LogP contribution in [0.5, 0.6) is 0 Å². The van der Waals surface area contributed by atoms with Gasteiger partial charge in [0.25, 0.3) is 11.5 Å². The lowest BCUT2D eigenvalue weighted by molar-refractivity contribution is 0.0830. The third-order valence-electron chi connectivity index (χ3n) is 4.11. The summed E-state index contributed by atoms with van der Waals surface area (Å²) >= 11 is 0. The number of nitrogens with zero attached hydrogens (tertiary/aromatic N) is 1. The molecular formula is C14H20N2O3. The molecule has 1 aliphatic rings. The van der Waals surface area contributed by atoms with Gasteiger partial charge < -0.3 is 15.0 Å². The minimum absolute atomic E-state index is 0.0333. The van der Waals surface area contributed by atoms with Gasteiger partial charge in [0.2, 0.25) is 0 Å². The number of amides is 1. The molecule has 2 atom stereocenters. The second kappa shape index (κ2) is 5.17. The zero-order valence-corrected chi connectivity index (χ0v) is 11.3. The van der Waals surface area contributed by atoms with E-state index in [0.717, 1.165) is 19.3 Å². The van der Waals surface area contributed by atoms with E-state index in [9.17, 15) is 14.7 Å². The van der Waals surface area contributed by atoms with E-state index in [2.05, 4.69) is 5.32 Å². The predicted octanol–water partition coefficient (Wildman–Crippen LogP) is 0.666. The molecule has 0 radical (unpaired) electrons. The van der Waals surface area contributed by atoms with Gasteiger partial charge in [-0.2, -0.15) is 0 Å². The van der Waals surface area contributed by atoms with Crippen molar-refractivity contribution < 1.29 is 9.90 Å². The van der Waals surface area contributed by atoms with Crippen molar-refractivity contribution in [3.8, 4) is 0 Å². The normalized spacial score (nSPS) is 26.4. The SMILES string of the molecule is Cn1ccc(C(=O)NC2CCCC2(C)CO)cc1=O. The average Bonchev–Trinajstić information content (AvgIpc) is 2.75. The van der Waals surface area contributed by atoms with E-state index in [4.69, 9.17) is 0 Å². The Hall–Kier alpha value is -1.62. The van der Waals surface area contributed by atoms with Crippen LogP contribution in [0.2, 0.25) is 0 Å². The second-order valence-corrected chi connectivity index (χ2v) is 5.59. The number of pyridine rings is 1.